The lowest BCUT2D eigenvalue weighted by Gasteiger charge is -2.18. The SMILES string of the molecule is NC(COP(=O)(O)O)C(=O)NC(COP(=O)(O)O)C(=O)O. The number of carbonyl (C=O) groups excluding carboxylic acids is 1. The molecule has 1 amide bonds. The highest BCUT2D eigenvalue weighted by Gasteiger charge is 2.28. The van der Waals surface area contributed by atoms with Crippen molar-refractivity contribution < 1.29 is 52.4 Å². The summed E-state index contributed by atoms with van der Waals surface area (Å²) < 4.78 is 28.7. The van der Waals surface area contributed by atoms with E-state index < -0.39 is 52.8 Å². The second-order valence-electron chi connectivity index (χ2n) is 3.58. The number of carbonyl (C=O) groups is 2. The standard InChI is InChI=1S/C6H14N2O11P2/c7-3(1-18-20(12,13)14)5(9)8-4(6(10)11)2-19-21(15,16)17/h3-4H,1-2,7H2,(H,8,9)(H,10,11)(H2,12,13,14)(H2,15,16,17). The molecular formula is C6H14N2O11P2. The number of nitrogens with one attached hydrogen (secondary N) is 1. The van der Waals surface area contributed by atoms with Crippen molar-refractivity contribution in [2.75, 3.05) is 13.2 Å². The summed E-state index contributed by atoms with van der Waals surface area (Å²) in [4.78, 5) is 55.8. The first kappa shape index (κ1) is 20.1. The van der Waals surface area contributed by atoms with Gasteiger partial charge in [0.15, 0.2) is 6.04 Å². The van der Waals surface area contributed by atoms with Gasteiger partial charge in [-0.05, 0) is 0 Å². The first-order valence-electron chi connectivity index (χ1n) is 5.01. The van der Waals surface area contributed by atoms with Crippen molar-refractivity contribution in [1.29, 1.82) is 0 Å². The van der Waals surface area contributed by atoms with E-state index in [4.69, 9.17) is 30.4 Å². The van der Waals surface area contributed by atoms with E-state index in [1.807, 2.05) is 0 Å². The van der Waals surface area contributed by atoms with Crippen LogP contribution >= 0.6 is 15.6 Å². The molecule has 0 aliphatic heterocycles. The van der Waals surface area contributed by atoms with Crippen molar-refractivity contribution >= 4 is 27.5 Å². The van der Waals surface area contributed by atoms with Gasteiger partial charge in [0.05, 0.1) is 13.2 Å². The molecule has 0 bridgehead atoms. The molecule has 0 saturated carbocycles. The molecule has 2 atom stereocenters. The predicted molar refractivity (Wildman–Crippen MR) is 63.5 cm³/mol. The van der Waals surface area contributed by atoms with E-state index in [-0.39, 0.29) is 0 Å². The van der Waals surface area contributed by atoms with Gasteiger partial charge in [-0.3, -0.25) is 13.8 Å². The van der Waals surface area contributed by atoms with Crippen molar-refractivity contribution in [3.63, 3.8) is 0 Å². The second kappa shape index (κ2) is 7.94. The zero-order valence-corrected chi connectivity index (χ0v) is 12.0. The van der Waals surface area contributed by atoms with Gasteiger partial charge in [-0.1, -0.05) is 0 Å². The van der Waals surface area contributed by atoms with E-state index in [2.05, 4.69) is 9.05 Å². The number of phosphoric acid groups is 2. The Morgan fingerprint density at radius 3 is 1.86 bits per heavy atom. The summed E-state index contributed by atoms with van der Waals surface area (Å²) in [5.41, 5.74) is 5.19. The van der Waals surface area contributed by atoms with E-state index in [9.17, 15) is 18.7 Å². The molecule has 0 aromatic heterocycles. The molecule has 124 valence electrons. The molecule has 0 heterocycles. The quantitative estimate of drug-likeness (QED) is 0.207. The van der Waals surface area contributed by atoms with Crippen LogP contribution in [0, 0.1) is 0 Å². The molecule has 0 aliphatic carbocycles. The number of nitrogens with two attached hydrogens (primary N) is 1. The molecule has 15 heteroatoms. The highest BCUT2D eigenvalue weighted by Crippen LogP contribution is 2.36. The van der Waals surface area contributed by atoms with Crippen LogP contribution in [0.15, 0.2) is 0 Å². The Labute approximate surface area is 117 Å². The summed E-state index contributed by atoms with van der Waals surface area (Å²) in [5, 5.41) is 10.5. The molecule has 0 saturated heterocycles. The number of amides is 1. The molecule has 8 N–H and O–H groups in total. The fourth-order valence-electron chi connectivity index (χ4n) is 0.878. The smallest absolute Gasteiger partial charge is 0.469 e. The number of hydrogen-bond donors (Lipinski definition) is 7. The summed E-state index contributed by atoms with van der Waals surface area (Å²) in [5.74, 6) is -2.84. The number of rotatable bonds is 9. The Balaban J connectivity index is 4.50. The Morgan fingerprint density at radius 2 is 1.48 bits per heavy atom. The lowest BCUT2D eigenvalue weighted by atomic mass is 10.2. The zero-order chi connectivity index (χ0) is 16.8. The first-order valence-corrected chi connectivity index (χ1v) is 8.07. The maximum Gasteiger partial charge on any atom is 0.469 e. The van der Waals surface area contributed by atoms with Gasteiger partial charge in [-0.15, -0.1) is 0 Å². The maximum absolute atomic E-state index is 11.4. The van der Waals surface area contributed by atoms with Crippen LogP contribution in [-0.4, -0.2) is 61.9 Å². The van der Waals surface area contributed by atoms with Crippen molar-refractivity contribution in [2.45, 2.75) is 12.1 Å². The normalized spacial score (nSPS) is 15.3. The van der Waals surface area contributed by atoms with Crippen LogP contribution in [0.2, 0.25) is 0 Å². The molecule has 0 radical (unpaired) electrons. The molecule has 2 unspecified atom stereocenters. The number of aliphatic carboxylic acids is 1. The van der Waals surface area contributed by atoms with Gasteiger partial charge in [0.1, 0.15) is 6.04 Å². The van der Waals surface area contributed by atoms with Gasteiger partial charge in [0.2, 0.25) is 5.91 Å². The highest BCUT2D eigenvalue weighted by atomic mass is 31.2. The van der Waals surface area contributed by atoms with Gasteiger partial charge in [-0.2, -0.15) is 0 Å². The molecule has 0 aromatic rings. The second-order valence-corrected chi connectivity index (χ2v) is 6.06. The zero-order valence-electron chi connectivity index (χ0n) is 10.2. The third-order valence-electron chi connectivity index (χ3n) is 1.78. The minimum absolute atomic E-state index is 0.901. The Kier molecular flexibility index (Phi) is 7.61. The Bertz CT molecular complexity index is 469. The van der Waals surface area contributed by atoms with E-state index in [0.717, 1.165) is 0 Å². The molecule has 0 aliphatic rings. The molecule has 0 rings (SSSR count). The largest absolute Gasteiger partial charge is 0.480 e. The summed E-state index contributed by atoms with van der Waals surface area (Å²) in [6.45, 7) is -1.95. The van der Waals surface area contributed by atoms with Crippen molar-refractivity contribution in [1.82, 2.24) is 5.32 Å². The number of carboxylic acid groups (broad SMARTS) is 1. The van der Waals surface area contributed by atoms with Crippen molar-refractivity contribution in [3.8, 4) is 0 Å². The molecule has 0 aromatic carbocycles. The van der Waals surface area contributed by atoms with Gasteiger partial charge in [0.25, 0.3) is 0 Å². The molecule has 21 heavy (non-hydrogen) atoms. The predicted octanol–water partition coefficient (Wildman–Crippen LogP) is -2.90. The monoisotopic (exact) mass is 352 g/mol. The molecule has 13 nitrogen and oxygen atoms in total. The van der Waals surface area contributed by atoms with E-state index in [1.54, 1.807) is 5.32 Å². The van der Waals surface area contributed by atoms with Crippen LogP contribution < -0.4 is 11.1 Å². The van der Waals surface area contributed by atoms with Crippen LogP contribution in [0.5, 0.6) is 0 Å². The number of hydrogen-bond acceptors (Lipinski definition) is 7. The number of phosphoric ester groups is 2. The van der Waals surface area contributed by atoms with E-state index in [0.29, 0.717) is 0 Å². The van der Waals surface area contributed by atoms with E-state index in [1.165, 1.54) is 0 Å². The van der Waals surface area contributed by atoms with Crippen molar-refractivity contribution in [2.24, 2.45) is 5.73 Å². The maximum atomic E-state index is 11.4. The lowest BCUT2D eigenvalue weighted by Crippen LogP contribution is -2.51. The molecule has 0 spiro atoms. The van der Waals surface area contributed by atoms with Crippen LogP contribution in [0.25, 0.3) is 0 Å². The fourth-order valence-corrected chi connectivity index (χ4v) is 1.58. The highest BCUT2D eigenvalue weighted by molar-refractivity contribution is 7.46. The topological polar surface area (TPSA) is 226 Å². The summed E-state index contributed by atoms with van der Waals surface area (Å²) in [6, 6.07) is -3.44. The average Bonchev–Trinajstić information content (AvgIpc) is 2.28. The molecule has 0 fully saturated rings. The summed E-state index contributed by atoms with van der Waals surface area (Å²) >= 11 is 0. The third kappa shape index (κ3) is 10.5. The van der Waals surface area contributed by atoms with Gasteiger partial charge in [-0.25, -0.2) is 13.9 Å². The van der Waals surface area contributed by atoms with Crippen LogP contribution in [0.3, 0.4) is 0 Å². The van der Waals surface area contributed by atoms with Gasteiger partial charge < -0.3 is 35.7 Å². The first-order chi connectivity index (χ1) is 9.32. The minimum Gasteiger partial charge on any atom is -0.480 e. The van der Waals surface area contributed by atoms with E-state index >= 15 is 0 Å². The minimum atomic E-state index is -4.93. The number of carboxylic acids is 1. The lowest BCUT2D eigenvalue weighted by molar-refractivity contribution is -0.143. The van der Waals surface area contributed by atoms with Gasteiger partial charge >= 0.3 is 21.6 Å². The van der Waals surface area contributed by atoms with Crippen LogP contribution in [0.4, 0.5) is 0 Å². The Hall–Kier alpha value is -0.880. The summed E-state index contributed by atoms with van der Waals surface area (Å²) in [7, 11) is -9.79. The Morgan fingerprint density at radius 1 is 1.05 bits per heavy atom. The fraction of sp³-hybridized carbons (Fsp3) is 0.667. The van der Waals surface area contributed by atoms with Gasteiger partial charge in [0, 0.05) is 0 Å². The van der Waals surface area contributed by atoms with Crippen LogP contribution in [-0.2, 0) is 27.8 Å². The van der Waals surface area contributed by atoms with Crippen LogP contribution in [0.1, 0.15) is 0 Å². The van der Waals surface area contributed by atoms with Crippen molar-refractivity contribution in [3.05, 3.63) is 0 Å². The average molecular weight is 352 g/mol. The third-order valence-corrected chi connectivity index (χ3v) is 2.75. The summed E-state index contributed by atoms with van der Waals surface area (Å²) in [6.07, 6.45) is 0. The molecular weight excluding hydrogens is 338 g/mol.